The van der Waals surface area contributed by atoms with Crippen molar-refractivity contribution in [1.29, 1.82) is 0 Å². The van der Waals surface area contributed by atoms with Gasteiger partial charge in [-0.25, -0.2) is 9.67 Å². The van der Waals surface area contributed by atoms with Crippen molar-refractivity contribution in [2.45, 2.75) is 47.2 Å². The van der Waals surface area contributed by atoms with Gasteiger partial charge >= 0.3 is 6.18 Å². The fourth-order valence-corrected chi connectivity index (χ4v) is 2.77. The maximum atomic E-state index is 13.6. The second kappa shape index (κ2) is 14.4. The smallest absolute Gasteiger partial charge is 0.307 e. The summed E-state index contributed by atoms with van der Waals surface area (Å²) in [7, 11) is 1.59. The van der Waals surface area contributed by atoms with E-state index in [-0.39, 0.29) is 17.2 Å². The number of halogens is 3. The van der Waals surface area contributed by atoms with Gasteiger partial charge in [0, 0.05) is 37.6 Å². The first kappa shape index (κ1) is 29.2. The highest BCUT2D eigenvalue weighted by molar-refractivity contribution is 6.03. The first-order valence-electron chi connectivity index (χ1n) is 11.2. The molecule has 188 valence electrons. The van der Waals surface area contributed by atoms with Crippen LogP contribution in [0, 0.1) is 0 Å². The fraction of sp³-hybridized carbons (Fsp3) is 0.320. The van der Waals surface area contributed by atoms with Gasteiger partial charge in [-0.2, -0.15) is 18.3 Å². The lowest BCUT2D eigenvalue weighted by molar-refractivity contribution is -0.142. The lowest BCUT2D eigenvalue weighted by Crippen LogP contribution is -2.15. The number of carbonyl (C=O) groups excluding carboxylic acids is 1. The molecule has 7 nitrogen and oxygen atoms in total. The molecule has 1 N–H and O–H groups in total. The first-order valence-corrected chi connectivity index (χ1v) is 11.2. The Labute approximate surface area is 203 Å². The summed E-state index contributed by atoms with van der Waals surface area (Å²) in [6.45, 7) is 9.73. The molecule has 0 spiro atoms. The van der Waals surface area contributed by atoms with Crippen molar-refractivity contribution in [3.8, 4) is 5.69 Å². The molecular weight excluding hydrogens is 457 g/mol. The zero-order valence-electron chi connectivity index (χ0n) is 20.8. The Kier molecular flexibility index (Phi) is 12.1. The second-order valence-electron chi connectivity index (χ2n) is 6.37. The zero-order chi connectivity index (χ0) is 26.4. The first-order chi connectivity index (χ1) is 16.8. The number of carbonyl (C=O) groups is 1. The molecule has 0 aliphatic carbocycles. The predicted octanol–water partition coefficient (Wildman–Crippen LogP) is 6.48. The van der Waals surface area contributed by atoms with Crippen LogP contribution >= 0.6 is 0 Å². The van der Waals surface area contributed by atoms with Gasteiger partial charge in [0.05, 0.1) is 17.6 Å². The van der Waals surface area contributed by atoms with Crippen LogP contribution in [-0.2, 0) is 6.18 Å². The van der Waals surface area contributed by atoms with Crippen molar-refractivity contribution in [3.63, 3.8) is 0 Å². The number of allylic oxidation sites excluding steroid dienone is 2. The minimum Gasteiger partial charge on any atom is -0.307 e. The molecule has 0 fully saturated rings. The molecule has 0 atom stereocenters. The fourth-order valence-electron chi connectivity index (χ4n) is 2.77. The van der Waals surface area contributed by atoms with Crippen LogP contribution in [0.4, 0.5) is 19.0 Å². The van der Waals surface area contributed by atoms with Crippen molar-refractivity contribution < 1.29 is 18.0 Å². The Balaban J connectivity index is 0.00000145. The van der Waals surface area contributed by atoms with Gasteiger partial charge < -0.3 is 10.3 Å². The van der Waals surface area contributed by atoms with Crippen LogP contribution in [0.25, 0.3) is 11.3 Å². The number of nitrogens with one attached hydrogen (secondary N) is 1. The molecule has 35 heavy (non-hydrogen) atoms. The summed E-state index contributed by atoms with van der Waals surface area (Å²) in [5.74, 6) is -0.213. The van der Waals surface area contributed by atoms with Gasteiger partial charge in [-0.05, 0) is 42.8 Å². The molecule has 3 aromatic rings. The minimum atomic E-state index is -4.61. The van der Waals surface area contributed by atoms with Crippen LogP contribution in [0.3, 0.4) is 0 Å². The normalized spacial score (nSPS) is 11.3. The van der Waals surface area contributed by atoms with E-state index in [1.165, 1.54) is 42.9 Å². The van der Waals surface area contributed by atoms with E-state index >= 15 is 0 Å². The Bertz CT molecular complexity index is 1100. The van der Waals surface area contributed by atoms with E-state index in [0.29, 0.717) is 17.6 Å². The number of amides is 1. The summed E-state index contributed by atoms with van der Waals surface area (Å²) in [6, 6.07) is 6.89. The average Bonchev–Trinajstić information content (AvgIpc) is 3.34. The highest BCUT2D eigenvalue weighted by atomic mass is 19.4. The summed E-state index contributed by atoms with van der Waals surface area (Å²) >= 11 is 0. The van der Waals surface area contributed by atoms with E-state index in [4.69, 9.17) is 0 Å². The van der Waals surface area contributed by atoms with Crippen molar-refractivity contribution in [2.75, 3.05) is 12.4 Å². The number of hydrogen-bond donors (Lipinski definition) is 1. The highest BCUT2D eigenvalue weighted by Crippen LogP contribution is 2.33. The zero-order valence-corrected chi connectivity index (χ0v) is 20.8. The maximum Gasteiger partial charge on any atom is 0.433 e. The quantitative estimate of drug-likeness (QED) is 0.403. The summed E-state index contributed by atoms with van der Waals surface area (Å²) in [5.41, 5.74) is 0.381. The largest absolute Gasteiger partial charge is 0.433 e. The summed E-state index contributed by atoms with van der Waals surface area (Å²) in [4.78, 5) is 24.0. The van der Waals surface area contributed by atoms with Gasteiger partial charge in [-0.3, -0.25) is 9.78 Å². The molecule has 3 rings (SSSR count). The Morgan fingerprint density at radius 1 is 1.11 bits per heavy atom. The average molecular weight is 489 g/mol. The number of pyridine rings is 2. The lowest BCUT2D eigenvalue weighted by atomic mass is 10.1. The highest BCUT2D eigenvalue weighted by Gasteiger charge is 2.36. The molecule has 3 heterocycles. The van der Waals surface area contributed by atoms with E-state index in [2.05, 4.69) is 25.4 Å². The Morgan fingerprint density at radius 3 is 2.29 bits per heavy atom. The summed E-state index contributed by atoms with van der Waals surface area (Å²) in [6.07, 6.45) is 3.22. The third-order valence-electron chi connectivity index (χ3n) is 4.35. The van der Waals surface area contributed by atoms with E-state index in [1.807, 2.05) is 27.7 Å². The van der Waals surface area contributed by atoms with Crippen LogP contribution in [-0.4, -0.2) is 38.9 Å². The summed E-state index contributed by atoms with van der Waals surface area (Å²) < 4.78 is 41.6. The van der Waals surface area contributed by atoms with E-state index in [9.17, 15) is 18.0 Å². The molecule has 0 unspecified atom stereocenters. The molecule has 0 aromatic carbocycles. The van der Waals surface area contributed by atoms with Crippen LogP contribution in [0.5, 0.6) is 0 Å². The van der Waals surface area contributed by atoms with E-state index in [0.717, 1.165) is 10.7 Å². The van der Waals surface area contributed by atoms with Gasteiger partial charge in [0.15, 0.2) is 0 Å². The second-order valence-corrected chi connectivity index (χ2v) is 6.37. The van der Waals surface area contributed by atoms with Gasteiger partial charge in [0.1, 0.15) is 11.5 Å². The Hall–Kier alpha value is -3.82. The number of aromatic nitrogens is 4. The number of aliphatic imine (C=N–C) groups is 1. The number of rotatable bonds is 6. The molecule has 10 heteroatoms. The SMILES string of the molecule is C/C=C(\CC=NC)c1cc(C(F)(F)F)n(-c2ccc(NC(=O)c3ccncc3)nc2)n1.CC.CC. The molecular formula is C25H31F3N6O. The maximum absolute atomic E-state index is 13.6. The van der Waals surface area contributed by atoms with Crippen molar-refractivity contribution in [1.82, 2.24) is 19.7 Å². The van der Waals surface area contributed by atoms with Crippen molar-refractivity contribution in [3.05, 3.63) is 71.9 Å². The molecule has 0 saturated carbocycles. The third-order valence-corrected chi connectivity index (χ3v) is 4.35. The number of anilines is 1. The molecule has 0 aliphatic heterocycles. The molecule has 3 aromatic heterocycles. The van der Waals surface area contributed by atoms with E-state index < -0.39 is 17.8 Å². The third kappa shape index (κ3) is 8.16. The van der Waals surface area contributed by atoms with E-state index in [1.54, 1.807) is 26.3 Å². The van der Waals surface area contributed by atoms with Gasteiger partial charge in [-0.15, -0.1) is 0 Å². The van der Waals surface area contributed by atoms with Crippen LogP contribution in [0.15, 0.2) is 60.0 Å². The van der Waals surface area contributed by atoms with Gasteiger partial charge in [-0.1, -0.05) is 33.8 Å². The van der Waals surface area contributed by atoms with Crippen LogP contribution in [0.1, 0.15) is 62.8 Å². The Morgan fingerprint density at radius 2 is 1.77 bits per heavy atom. The topological polar surface area (TPSA) is 85.1 Å². The standard InChI is InChI=1S/C21H19F3N6O.2C2H6/c1-3-14(6-9-25-2)17-12-18(21(22,23)24)30(29-17)16-4-5-19(27-13-16)28-20(31)15-7-10-26-11-8-15;2*1-2/h3-5,7-13H,6H2,1-2H3,(H,27,28,31);2*1-2H3/b14-3+,25-9?;;. The van der Waals surface area contributed by atoms with Gasteiger partial charge in [0.25, 0.3) is 5.91 Å². The van der Waals surface area contributed by atoms with Crippen molar-refractivity contribution in [2.24, 2.45) is 4.99 Å². The molecule has 1 amide bonds. The number of alkyl halides is 3. The summed E-state index contributed by atoms with van der Waals surface area (Å²) in [5, 5.41) is 6.73. The number of nitrogens with zero attached hydrogens (tertiary/aromatic N) is 5. The molecule has 0 aliphatic rings. The molecule has 0 bridgehead atoms. The molecule has 0 saturated heterocycles. The van der Waals surface area contributed by atoms with Gasteiger partial charge in [0.2, 0.25) is 0 Å². The van der Waals surface area contributed by atoms with Crippen molar-refractivity contribution >= 4 is 23.5 Å². The number of hydrogen-bond acceptors (Lipinski definition) is 5. The van der Waals surface area contributed by atoms with Crippen LogP contribution < -0.4 is 5.32 Å². The monoisotopic (exact) mass is 488 g/mol. The predicted molar refractivity (Wildman–Crippen MR) is 134 cm³/mol. The lowest BCUT2D eigenvalue weighted by Gasteiger charge is -2.10. The minimum absolute atomic E-state index is 0.111. The molecule has 0 radical (unpaired) electrons. The van der Waals surface area contributed by atoms with Crippen LogP contribution in [0.2, 0.25) is 0 Å².